The number of fused-ring (bicyclic) bond motifs is 1. The molecule has 2 amide bonds. The molecule has 0 spiro atoms. The highest BCUT2D eigenvalue weighted by Gasteiger charge is 2.30. The Kier molecular flexibility index (Phi) is 4.77. The van der Waals surface area contributed by atoms with Crippen molar-refractivity contribution in [1.29, 1.82) is 0 Å². The van der Waals surface area contributed by atoms with Crippen LogP contribution in [0.1, 0.15) is 35.3 Å². The molecule has 6 nitrogen and oxygen atoms in total. The fraction of sp³-hybridized carbons (Fsp3) is 0.273. The summed E-state index contributed by atoms with van der Waals surface area (Å²) < 4.78 is 5.29. The van der Waals surface area contributed by atoms with E-state index in [-0.39, 0.29) is 11.8 Å². The van der Waals surface area contributed by atoms with Crippen LogP contribution in [-0.2, 0) is 4.79 Å². The van der Waals surface area contributed by atoms with Crippen molar-refractivity contribution in [1.82, 2.24) is 9.88 Å². The van der Waals surface area contributed by atoms with Crippen LogP contribution in [0.2, 0.25) is 0 Å². The fourth-order valence-electron chi connectivity index (χ4n) is 3.86. The zero-order valence-corrected chi connectivity index (χ0v) is 16.0. The summed E-state index contributed by atoms with van der Waals surface area (Å²) in [6.45, 7) is 2.80. The van der Waals surface area contributed by atoms with Crippen LogP contribution in [0, 0.1) is 0 Å². The van der Waals surface area contributed by atoms with Crippen LogP contribution in [0.5, 0.6) is 5.75 Å². The summed E-state index contributed by atoms with van der Waals surface area (Å²) in [6, 6.07) is 15.8. The standard InChI is InChI=1S/C22H23N3O3/c1-14(26)23-20-18-12-17(28-2)8-9-19(18)24-21(20)22(27)25-11-10-16(13-25)15-6-4-3-5-7-15/h3-9,12,16,24H,10-11,13H2,1-2H3,(H,23,26). The van der Waals surface area contributed by atoms with Crippen LogP contribution >= 0.6 is 0 Å². The number of nitrogens with one attached hydrogen (secondary N) is 2. The maximum absolute atomic E-state index is 13.3. The number of hydrogen-bond donors (Lipinski definition) is 2. The lowest BCUT2D eigenvalue weighted by molar-refractivity contribution is -0.114. The zero-order chi connectivity index (χ0) is 19.7. The maximum atomic E-state index is 13.3. The van der Waals surface area contributed by atoms with Crippen LogP contribution in [-0.4, -0.2) is 41.9 Å². The van der Waals surface area contributed by atoms with Gasteiger partial charge in [0.1, 0.15) is 11.4 Å². The van der Waals surface area contributed by atoms with E-state index in [1.807, 2.05) is 41.3 Å². The van der Waals surface area contributed by atoms with Gasteiger partial charge in [0.05, 0.1) is 12.8 Å². The van der Waals surface area contributed by atoms with Gasteiger partial charge >= 0.3 is 0 Å². The molecule has 1 saturated heterocycles. The third kappa shape index (κ3) is 3.33. The molecular formula is C22H23N3O3. The van der Waals surface area contributed by atoms with Crippen LogP contribution in [0.4, 0.5) is 5.69 Å². The number of H-pyrrole nitrogens is 1. The van der Waals surface area contributed by atoms with Crippen molar-refractivity contribution in [3.8, 4) is 5.75 Å². The lowest BCUT2D eigenvalue weighted by Gasteiger charge is -2.17. The van der Waals surface area contributed by atoms with E-state index in [2.05, 4.69) is 22.4 Å². The molecule has 0 aliphatic carbocycles. The first-order valence-corrected chi connectivity index (χ1v) is 9.38. The number of ether oxygens (including phenoxy) is 1. The Morgan fingerprint density at radius 2 is 1.96 bits per heavy atom. The second kappa shape index (κ2) is 7.38. The number of aromatic amines is 1. The number of rotatable bonds is 4. The molecule has 0 radical (unpaired) electrons. The van der Waals surface area contributed by atoms with Crippen LogP contribution in [0.25, 0.3) is 10.9 Å². The second-order valence-electron chi connectivity index (χ2n) is 7.12. The van der Waals surface area contributed by atoms with Gasteiger partial charge in [0, 0.05) is 36.8 Å². The number of likely N-dealkylation sites (tertiary alicyclic amines) is 1. The SMILES string of the molecule is COc1ccc2[nH]c(C(=O)N3CCC(c4ccccc4)C3)c(NC(C)=O)c2c1. The highest BCUT2D eigenvalue weighted by Crippen LogP contribution is 2.34. The lowest BCUT2D eigenvalue weighted by atomic mass is 9.99. The van der Waals surface area contributed by atoms with E-state index < -0.39 is 0 Å². The van der Waals surface area contributed by atoms with Gasteiger partial charge in [-0.1, -0.05) is 30.3 Å². The van der Waals surface area contributed by atoms with Crippen molar-refractivity contribution in [3.05, 3.63) is 59.8 Å². The summed E-state index contributed by atoms with van der Waals surface area (Å²) in [6.07, 6.45) is 0.930. The molecule has 2 N–H and O–H groups in total. The van der Waals surface area contributed by atoms with Crippen molar-refractivity contribution in [2.45, 2.75) is 19.3 Å². The molecule has 1 fully saturated rings. The molecule has 2 heterocycles. The topological polar surface area (TPSA) is 74.4 Å². The van der Waals surface area contributed by atoms with E-state index in [1.54, 1.807) is 7.11 Å². The predicted molar refractivity (Wildman–Crippen MR) is 109 cm³/mol. The fourth-order valence-corrected chi connectivity index (χ4v) is 3.86. The molecule has 4 rings (SSSR count). The van der Waals surface area contributed by atoms with E-state index in [0.717, 1.165) is 17.3 Å². The Morgan fingerprint density at radius 1 is 1.18 bits per heavy atom. The Hall–Kier alpha value is -3.28. The van der Waals surface area contributed by atoms with Crippen LogP contribution < -0.4 is 10.1 Å². The van der Waals surface area contributed by atoms with Crippen LogP contribution in [0.3, 0.4) is 0 Å². The minimum atomic E-state index is -0.221. The first-order chi connectivity index (χ1) is 13.6. The van der Waals surface area contributed by atoms with Gasteiger partial charge in [0.2, 0.25) is 5.91 Å². The smallest absolute Gasteiger partial charge is 0.272 e. The quantitative estimate of drug-likeness (QED) is 0.727. The van der Waals surface area contributed by atoms with Crippen molar-refractivity contribution >= 4 is 28.4 Å². The van der Waals surface area contributed by atoms with E-state index in [4.69, 9.17) is 4.74 Å². The maximum Gasteiger partial charge on any atom is 0.272 e. The summed E-state index contributed by atoms with van der Waals surface area (Å²) in [7, 11) is 1.59. The molecule has 28 heavy (non-hydrogen) atoms. The number of amides is 2. The highest BCUT2D eigenvalue weighted by atomic mass is 16.5. The first-order valence-electron chi connectivity index (χ1n) is 9.38. The number of benzene rings is 2. The summed E-state index contributed by atoms with van der Waals surface area (Å²) in [5, 5.41) is 3.58. The third-order valence-corrected chi connectivity index (χ3v) is 5.27. The number of anilines is 1. The summed E-state index contributed by atoms with van der Waals surface area (Å²) in [5.41, 5.74) is 2.95. The summed E-state index contributed by atoms with van der Waals surface area (Å²) in [4.78, 5) is 30.1. The molecule has 1 aliphatic heterocycles. The molecule has 1 unspecified atom stereocenters. The van der Waals surface area contributed by atoms with Gasteiger partial charge in [-0.15, -0.1) is 0 Å². The van der Waals surface area contributed by atoms with Crippen molar-refractivity contribution in [3.63, 3.8) is 0 Å². The predicted octanol–water partition coefficient (Wildman–Crippen LogP) is 3.76. The number of carbonyl (C=O) groups excluding carboxylic acids is 2. The van der Waals surface area contributed by atoms with E-state index >= 15 is 0 Å². The van der Waals surface area contributed by atoms with Gasteiger partial charge in [-0.2, -0.15) is 0 Å². The lowest BCUT2D eigenvalue weighted by Crippen LogP contribution is -2.29. The molecule has 1 atom stereocenters. The van der Waals surface area contributed by atoms with Crippen LogP contribution in [0.15, 0.2) is 48.5 Å². The van der Waals surface area contributed by atoms with Gasteiger partial charge in [-0.3, -0.25) is 9.59 Å². The van der Waals surface area contributed by atoms with Crippen molar-refractivity contribution < 1.29 is 14.3 Å². The Balaban J connectivity index is 1.66. The van der Waals surface area contributed by atoms with Gasteiger partial charge in [-0.05, 0) is 30.2 Å². The third-order valence-electron chi connectivity index (χ3n) is 5.27. The molecule has 1 aliphatic rings. The van der Waals surface area contributed by atoms with E-state index in [1.165, 1.54) is 12.5 Å². The van der Waals surface area contributed by atoms with E-state index in [0.29, 0.717) is 36.1 Å². The molecule has 2 aromatic carbocycles. The Morgan fingerprint density at radius 3 is 2.68 bits per heavy atom. The largest absolute Gasteiger partial charge is 0.497 e. The molecule has 1 aromatic heterocycles. The molecule has 144 valence electrons. The zero-order valence-electron chi connectivity index (χ0n) is 16.0. The van der Waals surface area contributed by atoms with Crippen molar-refractivity contribution in [2.75, 3.05) is 25.5 Å². The Bertz CT molecular complexity index is 1030. The van der Waals surface area contributed by atoms with Gasteiger partial charge in [0.25, 0.3) is 5.91 Å². The Labute approximate surface area is 163 Å². The number of aromatic nitrogens is 1. The van der Waals surface area contributed by atoms with Gasteiger partial charge < -0.3 is 19.9 Å². The van der Waals surface area contributed by atoms with Crippen molar-refractivity contribution in [2.24, 2.45) is 0 Å². The first kappa shape index (κ1) is 18.1. The summed E-state index contributed by atoms with van der Waals surface area (Å²) >= 11 is 0. The van der Waals surface area contributed by atoms with E-state index in [9.17, 15) is 9.59 Å². The molecule has 0 saturated carbocycles. The number of methoxy groups -OCH3 is 1. The normalized spacial score (nSPS) is 16.4. The summed E-state index contributed by atoms with van der Waals surface area (Å²) in [5.74, 6) is 0.681. The van der Waals surface area contributed by atoms with Gasteiger partial charge in [-0.25, -0.2) is 0 Å². The second-order valence-corrected chi connectivity index (χ2v) is 7.12. The monoisotopic (exact) mass is 377 g/mol. The number of carbonyl (C=O) groups is 2. The van der Waals surface area contributed by atoms with Gasteiger partial charge in [0.15, 0.2) is 0 Å². The average molecular weight is 377 g/mol. The minimum absolute atomic E-state index is 0.0997. The number of nitrogens with zero attached hydrogens (tertiary/aromatic N) is 1. The average Bonchev–Trinajstić information content (AvgIpc) is 3.33. The minimum Gasteiger partial charge on any atom is -0.497 e. The molecular weight excluding hydrogens is 354 g/mol. The molecule has 0 bridgehead atoms. The highest BCUT2D eigenvalue weighted by molar-refractivity contribution is 6.12. The number of hydrogen-bond acceptors (Lipinski definition) is 3. The molecule has 3 aromatic rings. The molecule has 6 heteroatoms.